The Hall–Kier alpha value is -2.28. The van der Waals surface area contributed by atoms with Crippen molar-refractivity contribution in [1.82, 2.24) is 4.90 Å². The van der Waals surface area contributed by atoms with Crippen molar-refractivity contribution in [3.05, 3.63) is 23.3 Å². The molecule has 0 unspecified atom stereocenters. The molecule has 0 saturated carbocycles. The molecule has 1 heterocycles. The van der Waals surface area contributed by atoms with Gasteiger partial charge in [-0.15, -0.1) is 0 Å². The van der Waals surface area contributed by atoms with E-state index in [2.05, 4.69) is 0 Å². The van der Waals surface area contributed by atoms with Crippen molar-refractivity contribution in [3.8, 4) is 5.75 Å². The summed E-state index contributed by atoms with van der Waals surface area (Å²) in [6.45, 7) is 7.24. The summed E-state index contributed by atoms with van der Waals surface area (Å²) >= 11 is 0. The maximum absolute atomic E-state index is 12.1. The first kappa shape index (κ1) is 18.1. The van der Waals surface area contributed by atoms with Gasteiger partial charge in [0.05, 0.1) is 11.6 Å². The first-order valence-corrected chi connectivity index (χ1v) is 7.86. The van der Waals surface area contributed by atoms with Crippen LogP contribution in [-0.2, 0) is 16.1 Å². The Morgan fingerprint density at radius 1 is 1.38 bits per heavy atom. The van der Waals surface area contributed by atoms with Crippen molar-refractivity contribution >= 4 is 17.6 Å². The summed E-state index contributed by atoms with van der Waals surface area (Å²) in [4.78, 5) is 25.3. The number of carboxylic acids is 1. The number of benzene rings is 1. The fourth-order valence-electron chi connectivity index (χ4n) is 2.79. The molecule has 7 nitrogen and oxygen atoms in total. The van der Waals surface area contributed by atoms with Gasteiger partial charge in [0.1, 0.15) is 11.2 Å². The lowest BCUT2D eigenvalue weighted by Gasteiger charge is -2.22. The van der Waals surface area contributed by atoms with Gasteiger partial charge in [0.15, 0.2) is 5.75 Å². The lowest BCUT2D eigenvalue weighted by atomic mass is 10.1. The highest BCUT2D eigenvalue weighted by Crippen LogP contribution is 2.29. The molecule has 7 heteroatoms. The molecule has 0 amide bonds. The van der Waals surface area contributed by atoms with Gasteiger partial charge in [-0.25, -0.2) is 4.79 Å². The number of carboxylic acid groups (broad SMARTS) is 1. The molecular formula is C17H24N2O5. The van der Waals surface area contributed by atoms with Gasteiger partial charge >= 0.3 is 11.9 Å². The second kappa shape index (κ2) is 6.68. The van der Waals surface area contributed by atoms with Gasteiger partial charge in [-0.2, -0.15) is 0 Å². The minimum absolute atomic E-state index is 0.0350. The van der Waals surface area contributed by atoms with E-state index in [-0.39, 0.29) is 23.1 Å². The van der Waals surface area contributed by atoms with Crippen LogP contribution in [0.2, 0.25) is 0 Å². The molecule has 1 aromatic rings. The lowest BCUT2D eigenvalue weighted by Crippen LogP contribution is -2.30. The SMILES string of the molecule is CC(C)(C)OC(=O)[C@@H]1CCN(Cc2cc(N)c(O)c(C(=O)O)c2)C1. The van der Waals surface area contributed by atoms with Crippen molar-refractivity contribution in [1.29, 1.82) is 0 Å². The summed E-state index contributed by atoms with van der Waals surface area (Å²) in [7, 11) is 0. The molecule has 2 rings (SSSR count). The number of nitrogens with two attached hydrogens (primary N) is 1. The molecule has 1 saturated heterocycles. The Kier molecular flexibility index (Phi) is 5.03. The zero-order chi connectivity index (χ0) is 18.1. The third kappa shape index (κ3) is 4.38. The van der Waals surface area contributed by atoms with Crippen LogP contribution in [0.3, 0.4) is 0 Å². The summed E-state index contributed by atoms with van der Waals surface area (Å²) in [6, 6.07) is 2.97. The number of carbonyl (C=O) groups excluding carboxylic acids is 1. The minimum Gasteiger partial charge on any atom is -0.505 e. The monoisotopic (exact) mass is 336 g/mol. The molecule has 1 fully saturated rings. The highest BCUT2D eigenvalue weighted by molar-refractivity contribution is 5.93. The number of phenols is 1. The zero-order valence-electron chi connectivity index (χ0n) is 14.2. The zero-order valence-corrected chi connectivity index (χ0v) is 14.2. The maximum Gasteiger partial charge on any atom is 0.339 e. The number of rotatable bonds is 4. The number of esters is 1. The van der Waals surface area contributed by atoms with Crippen molar-refractivity contribution < 1.29 is 24.5 Å². The number of ether oxygens (including phenoxy) is 1. The summed E-state index contributed by atoms with van der Waals surface area (Å²) in [5, 5.41) is 18.8. The molecule has 1 aliphatic heterocycles. The number of carbonyl (C=O) groups is 2. The third-order valence-electron chi connectivity index (χ3n) is 3.85. The number of hydrogen-bond acceptors (Lipinski definition) is 6. The number of hydrogen-bond donors (Lipinski definition) is 3. The molecule has 0 spiro atoms. The third-order valence-corrected chi connectivity index (χ3v) is 3.85. The second-order valence-electron chi connectivity index (χ2n) is 7.14. The summed E-state index contributed by atoms with van der Waals surface area (Å²) < 4.78 is 5.41. The van der Waals surface area contributed by atoms with E-state index in [0.29, 0.717) is 31.6 Å². The Balaban J connectivity index is 2.03. The van der Waals surface area contributed by atoms with E-state index in [1.165, 1.54) is 6.07 Å². The molecule has 4 N–H and O–H groups in total. The maximum atomic E-state index is 12.1. The largest absolute Gasteiger partial charge is 0.505 e. The molecule has 24 heavy (non-hydrogen) atoms. The summed E-state index contributed by atoms with van der Waals surface area (Å²) in [5.74, 6) is -2.03. The predicted octanol–water partition coefficient (Wildman–Crippen LogP) is 1.84. The topological polar surface area (TPSA) is 113 Å². The number of anilines is 1. The molecule has 132 valence electrons. The number of nitrogens with zero attached hydrogens (tertiary/aromatic N) is 1. The molecular weight excluding hydrogens is 312 g/mol. The molecule has 0 aliphatic carbocycles. The first-order chi connectivity index (χ1) is 11.1. The highest BCUT2D eigenvalue weighted by atomic mass is 16.6. The Morgan fingerprint density at radius 2 is 2.04 bits per heavy atom. The average molecular weight is 336 g/mol. The molecule has 1 aromatic carbocycles. The lowest BCUT2D eigenvalue weighted by molar-refractivity contribution is -0.159. The van der Waals surface area contributed by atoms with Crippen molar-refractivity contribution in [2.24, 2.45) is 5.92 Å². The fraction of sp³-hybridized carbons (Fsp3) is 0.529. The van der Waals surface area contributed by atoms with Crippen LogP contribution in [0.15, 0.2) is 12.1 Å². The average Bonchev–Trinajstić information content (AvgIpc) is 2.89. The summed E-state index contributed by atoms with van der Waals surface area (Å²) in [6.07, 6.45) is 0.703. The van der Waals surface area contributed by atoms with Crippen LogP contribution in [-0.4, -0.2) is 45.7 Å². The van der Waals surface area contributed by atoms with Crippen LogP contribution in [0, 0.1) is 5.92 Å². The minimum atomic E-state index is -1.23. The van der Waals surface area contributed by atoms with E-state index in [1.54, 1.807) is 6.07 Å². The standard InChI is InChI=1S/C17H24N2O5/c1-17(2,3)24-16(23)11-4-5-19(9-11)8-10-6-12(15(21)22)14(20)13(18)7-10/h6-7,11,20H,4-5,8-9,18H2,1-3H3,(H,21,22)/t11-/m1/s1. The van der Waals surface area contributed by atoms with Crippen molar-refractivity contribution in [2.45, 2.75) is 39.3 Å². The van der Waals surface area contributed by atoms with Gasteiger partial charge in [0, 0.05) is 13.1 Å². The van der Waals surface area contributed by atoms with Gasteiger partial charge in [-0.3, -0.25) is 9.69 Å². The van der Waals surface area contributed by atoms with E-state index in [4.69, 9.17) is 15.6 Å². The van der Waals surface area contributed by atoms with Gasteiger partial charge in [0.2, 0.25) is 0 Å². The fourth-order valence-corrected chi connectivity index (χ4v) is 2.79. The van der Waals surface area contributed by atoms with Crippen molar-refractivity contribution in [3.63, 3.8) is 0 Å². The van der Waals surface area contributed by atoms with E-state index in [9.17, 15) is 14.7 Å². The van der Waals surface area contributed by atoms with E-state index in [1.807, 2.05) is 25.7 Å². The van der Waals surface area contributed by atoms with Crippen molar-refractivity contribution in [2.75, 3.05) is 18.8 Å². The molecule has 0 bridgehead atoms. The smallest absolute Gasteiger partial charge is 0.339 e. The van der Waals surface area contributed by atoms with Crippen LogP contribution >= 0.6 is 0 Å². The van der Waals surface area contributed by atoms with Crippen LogP contribution in [0.25, 0.3) is 0 Å². The normalized spacial score (nSPS) is 18.5. The number of aromatic hydroxyl groups is 1. The predicted molar refractivity (Wildman–Crippen MR) is 88.7 cm³/mol. The molecule has 1 aliphatic rings. The van der Waals surface area contributed by atoms with E-state index < -0.39 is 17.3 Å². The number of likely N-dealkylation sites (tertiary alicyclic amines) is 1. The second-order valence-corrected chi connectivity index (χ2v) is 7.14. The summed E-state index contributed by atoms with van der Waals surface area (Å²) in [5.41, 5.74) is 5.67. The van der Waals surface area contributed by atoms with Crippen LogP contribution in [0.5, 0.6) is 5.75 Å². The first-order valence-electron chi connectivity index (χ1n) is 7.86. The van der Waals surface area contributed by atoms with Gasteiger partial charge in [-0.1, -0.05) is 0 Å². The van der Waals surface area contributed by atoms with Crippen LogP contribution in [0.4, 0.5) is 5.69 Å². The van der Waals surface area contributed by atoms with Crippen LogP contribution < -0.4 is 5.73 Å². The van der Waals surface area contributed by atoms with Gasteiger partial charge < -0.3 is 20.7 Å². The molecule has 0 aromatic heterocycles. The molecule has 1 atom stereocenters. The van der Waals surface area contributed by atoms with Crippen LogP contribution in [0.1, 0.15) is 43.1 Å². The van der Waals surface area contributed by atoms with Gasteiger partial charge in [0.25, 0.3) is 0 Å². The Morgan fingerprint density at radius 3 is 2.62 bits per heavy atom. The molecule has 0 radical (unpaired) electrons. The quantitative estimate of drug-likeness (QED) is 0.437. The highest BCUT2D eigenvalue weighted by Gasteiger charge is 2.32. The van der Waals surface area contributed by atoms with Gasteiger partial charge in [-0.05, 0) is 51.4 Å². The Bertz CT molecular complexity index is 651. The number of nitrogen functional groups attached to an aromatic ring is 1. The Labute approximate surface area is 141 Å². The number of aromatic carboxylic acids is 1. The van der Waals surface area contributed by atoms with E-state index >= 15 is 0 Å². The van der Waals surface area contributed by atoms with E-state index in [0.717, 1.165) is 0 Å².